The second-order valence-electron chi connectivity index (χ2n) is 6.30. The zero-order valence-corrected chi connectivity index (χ0v) is 13.9. The van der Waals surface area contributed by atoms with E-state index >= 15 is 0 Å². The maximum absolute atomic E-state index is 10.9. The number of aliphatic hydroxyl groups is 1. The molecule has 1 aromatic carbocycles. The van der Waals surface area contributed by atoms with Gasteiger partial charge in [-0.15, -0.1) is 12.4 Å². The highest BCUT2D eigenvalue weighted by Crippen LogP contribution is 2.46. The standard InChI is InChI=1S/C17H25NO3.ClH/c1-2-21-15-11-12(6-7-14(15)19)16-13-5-3-4-8-17(13,20)9-10-18-16;/h6-7,11,13,16,18-20H,2-5,8-10H2,1H3;1H/t13-,16-,17-;/m0./s1. The van der Waals surface area contributed by atoms with Crippen molar-refractivity contribution in [3.05, 3.63) is 23.8 Å². The van der Waals surface area contributed by atoms with E-state index < -0.39 is 5.60 Å². The molecular weight excluding hydrogens is 302 g/mol. The molecule has 1 heterocycles. The molecule has 1 aromatic rings. The highest BCUT2D eigenvalue weighted by molar-refractivity contribution is 5.85. The molecule has 0 radical (unpaired) electrons. The van der Waals surface area contributed by atoms with Crippen molar-refractivity contribution in [1.82, 2.24) is 5.32 Å². The first-order valence-electron chi connectivity index (χ1n) is 8.05. The number of phenolic OH excluding ortho intramolecular Hbond substituents is 1. The molecular formula is C17H26ClNO3. The Kier molecular flexibility index (Phi) is 5.59. The summed E-state index contributed by atoms with van der Waals surface area (Å²) in [6, 6.07) is 5.69. The molecule has 2 aliphatic rings. The molecule has 3 rings (SSSR count). The van der Waals surface area contributed by atoms with E-state index in [1.165, 1.54) is 6.42 Å². The average Bonchev–Trinajstić information content (AvgIpc) is 2.48. The summed E-state index contributed by atoms with van der Waals surface area (Å²) < 4.78 is 5.49. The Hall–Kier alpha value is -0.970. The van der Waals surface area contributed by atoms with E-state index in [0.29, 0.717) is 12.4 Å². The number of aromatic hydroxyl groups is 1. The number of phenols is 1. The number of hydrogen-bond donors (Lipinski definition) is 3. The van der Waals surface area contributed by atoms with E-state index in [9.17, 15) is 10.2 Å². The summed E-state index contributed by atoms with van der Waals surface area (Å²) in [4.78, 5) is 0. The second kappa shape index (κ2) is 7.07. The Bertz CT molecular complexity index is 507. The van der Waals surface area contributed by atoms with Gasteiger partial charge in [0.25, 0.3) is 0 Å². The first kappa shape index (κ1) is 17.4. The van der Waals surface area contributed by atoms with Crippen molar-refractivity contribution >= 4 is 12.4 Å². The van der Waals surface area contributed by atoms with E-state index in [0.717, 1.165) is 37.8 Å². The van der Waals surface area contributed by atoms with Crippen LogP contribution in [0.5, 0.6) is 11.5 Å². The van der Waals surface area contributed by atoms with Gasteiger partial charge in [-0.3, -0.25) is 0 Å². The number of benzene rings is 1. The third-order valence-corrected chi connectivity index (χ3v) is 5.03. The van der Waals surface area contributed by atoms with Gasteiger partial charge in [0.05, 0.1) is 12.2 Å². The Morgan fingerprint density at radius 3 is 2.91 bits per heavy atom. The fourth-order valence-corrected chi connectivity index (χ4v) is 3.97. The van der Waals surface area contributed by atoms with Gasteiger partial charge < -0.3 is 20.3 Å². The Labute approximate surface area is 138 Å². The van der Waals surface area contributed by atoms with Crippen LogP contribution in [-0.2, 0) is 0 Å². The minimum atomic E-state index is -0.530. The van der Waals surface area contributed by atoms with Gasteiger partial charge in [-0.25, -0.2) is 0 Å². The van der Waals surface area contributed by atoms with Crippen LogP contribution in [0.15, 0.2) is 18.2 Å². The monoisotopic (exact) mass is 327 g/mol. The fourth-order valence-electron chi connectivity index (χ4n) is 3.97. The molecule has 124 valence electrons. The van der Waals surface area contributed by atoms with Gasteiger partial charge in [-0.2, -0.15) is 0 Å². The molecule has 0 amide bonds. The molecule has 22 heavy (non-hydrogen) atoms. The molecule has 0 aromatic heterocycles. The minimum absolute atomic E-state index is 0. The topological polar surface area (TPSA) is 61.7 Å². The first-order chi connectivity index (χ1) is 10.1. The van der Waals surface area contributed by atoms with E-state index in [2.05, 4.69) is 5.32 Å². The van der Waals surface area contributed by atoms with Crippen LogP contribution < -0.4 is 10.1 Å². The van der Waals surface area contributed by atoms with E-state index in [1.807, 2.05) is 19.1 Å². The van der Waals surface area contributed by atoms with Crippen molar-refractivity contribution in [2.75, 3.05) is 13.2 Å². The molecule has 5 heteroatoms. The molecule has 1 saturated heterocycles. The van der Waals surface area contributed by atoms with Crippen LogP contribution in [0.3, 0.4) is 0 Å². The molecule has 1 aliphatic carbocycles. The van der Waals surface area contributed by atoms with Crippen molar-refractivity contribution in [1.29, 1.82) is 0 Å². The summed E-state index contributed by atoms with van der Waals surface area (Å²) in [6.07, 6.45) is 5.11. The highest BCUT2D eigenvalue weighted by Gasteiger charge is 2.45. The average molecular weight is 328 g/mol. The lowest BCUT2D eigenvalue weighted by Crippen LogP contribution is -2.53. The van der Waals surface area contributed by atoms with Gasteiger partial charge in [0.15, 0.2) is 11.5 Å². The lowest BCUT2D eigenvalue weighted by atomic mass is 9.67. The lowest BCUT2D eigenvalue weighted by Gasteiger charge is -2.48. The maximum atomic E-state index is 10.9. The number of fused-ring (bicyclic) bond motifs is 1. The summed E-state index contributed by atoms with van der Waals surface area (Å²) in [6.45, 7) is 3.27. The van der Waals surface area contributed by atoms with Crippen molar-refractivity contribution in [3.8, 4) is 11.5 Å². The van der Waals surface area contributed by atoms with Gasteiger partial charge in [-0.1, -0.05) is 18.9 Å². The quantitative estimate of drug-likeness (QED) is 0.798. The van der Waals surface area contributed by atoms with Crippen molar-refractivity contribution < 1.29 is 14.9 Å². The zero-order valence-electron chi connectivity index (χ0n) is 13.0. The normalized spacial score (nSPS) is 31.0. The number of ether oxygens (including phenoxy) is 1. The second-order valence-corrected chi connectivity index (χ2v) is 6.30. The van der Waals surface area contributed by atoms with Crippen LogP contribution in [0.25, 0.3) is 0 Å². The molecule has 4 nitrogen and oxygen atoms in total. The fraction of sp³-hybridized carbons (Fsp3) is 0.647. The molecule has 0 spiro atoms. The van der Waals surface area contributed by atoms with Crippen LogP contribution in [-0.4, -0.2) is 29.0 Å². The van der Waals surface area contributed by atoms with Crippen LogP contribution in [0.4, 0.5) is 0 Å². The van der Waals surface area contributed by atoms with Gasteiger partial charge >= 0.3 is 0 Å². The molecule has 3 N–H and O–H groups in total. The number of piperidine rings is 1. The number of hydrogen-bond acceptors (Lipinski definition) is 4. The van der Waals surface area contributed by atoms with Gasteiger partial charge in [0, 0.05) is 12.0 Å². The summed E-state index contributed by atoms with van der Waals surface area (Å²) >= 11 is 0. The SMILES string of the molecule is CCOc1cc([C@@H]2NCC[C@@]3(O)CCCC[C@@H]23)ccc1O.Cl. The van der Waals surface area contributed by atoms with Crippen LogP contribution >= 0.6 is 12.4 Å². The van der Waals surface area contributed by atoms with Crippen molar-refractivity contribution in [3.63, 3.8) is 0 Å². The lowest BCUT2D eigenvalue weighted by molar-refractivity contribution is -0.0861. The first-order valence-corrected chi connectivity index (χ1v) is 8.05. The predicted molar refractivity (Wildman–Crippen MR) is 88.8 cm³/mol. The molecule has 0 unspecified atom stereocenters. The summed E-state index contributed by atoms with van der Waals surface area (Å²) in [5, 5.41) is 24.3. The van der Waals surface area contributed by atoms with Crippen LogP contribution in [0.2, 0.25) is 0 Å². The summed E-state index contributed by atoms with van der Waals surface area (Å²) in [7, 11) is 0. The molecule has 3 atom stereocenters. The Morgan fingerprint density at radius 2 is 2.14 bits per heavy atom. The smallest absolute Gasteiger partial charge is 0.161 e. The van der Waals surface area contributed by atoms with Crippen LogP contribution in [0.1, 0.15) is 50.6 Å². The minimum Gasteiger partial charge on any atom is -0.504 e. The zero-order chi connectivity index (χ0) is 14.9. The molecule has 0 bridgehead atoms. The van der Waals surface area contributed by atoms with E-state index in [-0.39, 0.29) is 30.1 Å². The number of halogens is 1. The van der Waals surface area contributed by atoms with E-state index in [1.54, 1.807) is 6.07 Å². The number of rotatable bonds is 3. The third kappa shape index (κ3) is 3.19. The molecule has 1 aliphatic heterocycles. The predicted octanol–water partition coefficient (Wildman–Crippen LogP) is 3.17. The third-order valence-electron chi connectivity index (χ3n) is 5.03. The summed E-state index contributed by atoms with van der Waals surface area (Å²) in [5.41, 5.74) is 0.568. The van der Waals surface area contributed by atoms with Gasteiger partial charge in [-0.05, 0) is 50.4 Å². The molecule has 1 saturated carbocycles. The van der Waals surface area contributed by atoms with Gasteiger partial charge in [0.1, 0.15) is 0 Å². The number of nitrogens with one attached hydrogen (secondary N) is 1. The van der Waals surface area contributed by atoms with Crippen molar-refractivity contribution in [2.24, 2.45) is 5.92 Å². The van der Waals surface area contributed by atoms with E-state index in [4.69, 9.17) is 4.74 Å². The largest absolute Gasteiger partial charge is 0.504 e. The molecule has 2 fully saturated rings. The maximum Gasteiger partial charge on any atom is 0.161 e. The van der Waals surface area contributed by atoms with Gasteiger partial charge in [0.2, 0.25) is 0 Å². The summed E-state index contributed by atoms with van der Waals surface area (Å²) in [5.74, 6) is 0.955. The van der Waals surface area contributed by atoms with Crippen molar-refractivity contribution in [2.45, 2.75) is 50.7 Å². The Morgan fingerprint density at radius 1 is 1.32 bits per heavy atom. The van der Waals surface area contributed by atoms with Crippen LogP contribution in [0, 0.1) is 5.92 Å². The highest BCUT2D eigenvalue weighted by atomic mass is 35.5. The Balaban J connectivity index is 0.00000176.